The van der Waals surface area contributed by atoms with Gasteiger partial charge in [-0.05, 0) is 77.6 Å². The lowest BCUT2D eigenvalue weighted by atomic mass is 10.1. The van der Waals surface area contributed by atoms with Crippen LogP contribution < -0.4 is 10.1 Å². The molecule has 1 atom stereocenters. The van der Waals surface area contributed by atoms with Crippen LogP contribution in [0.1, 0.15) is 52.1 Å². The van der Waals surface area contributed by atoms with Gasteiger partial charge >= 0.3 is 0 Å². The zero-order valence-corrected chi connectivity index (χ0v) is 29.0. The molecule has 0 saturated carbocycles. The summed E-state index contributed by atoms with van der Waals surface area (Å²) in [6.45, 7) is 4.33. The van der Waals surface area contributed by atoms with Crippen LogP contribution in [0.3, 0.4) is 0 Å². The molecule has 0 aromatic heterocycles. The largest absolute Gasteiger partial charge is 0.488 e. The van der Waals surface area contributed by atoms with Gasteiger partial charge in [0.1, 0.15) is 12.4 Å². The van der Waals surface area contributed by atoms with Crippen LogP contribution in [-0.2, 0) is 29.4 Å². The number of halogens is 1. The highest BCUT2D eigenvalue weighted by molar-refractivity contribution is 7.91. The third kappa shape index (κ3) is 10.0. The van der Waals surface area contributed by atoms with Gasteiger partial charge in [-0.1, -0.05) is 103 Å². The van der Waals surface area contributed by atoms with Crippen molar-refractivity contribution in [2.75, 3.05) is 19.6 Å². The number of hydrogen-bond donors (Lipinski definition) is 2. The first-order valence-corrected chi connectivity index (χ1v) is 18.2. The van der Waals surface area contributed by atoms with Crippen LogP contribution in [0.25, 0.3) is 0 Å². The van der Waals surface area contributed by atoms with E-state index in [1.807, 2.05) is 79.7 Å². The zero-order chi connectivity index (χ0) is 34.6. The second kappa shape index (κ2) is 17.3. The third-order valence-electron chi connectivity index (χ3n) is 8.14. The predicted octanol–water partition coefficient (Wildman–Crippen LogP) is 7.67. The SMILES string of the molecule is CCCNC(=O)c1cc(S(=O)(=O)c2ccc(CCN(Cc3ccccc3)C[C@@H](O)c3cccc(Cl)c3)cc2)ccc1OCc1ccccc1. The first-order valence-electron chi connectivity index (χ1n) is 16.4. The summed E-state index contributed by atoms with van der Waals surface area (Å²) in [5, 5.41) is 14.4. The second-order valence-electron chi connectivity index (χ2n) is 11.9. The molecule has 0 bridgehead atoms. The summed E-state index contributed by atoms with van der Waals surface area (Å²) < 4.78 is 33.5. The molecule has 49 heavy (non-hydrogen) atoms. The smallest absolute Gasteiger partial charge is 0.255 e. The number of benzene rings is 5. The van der Waals surface area contributed by atoms with Gasteiger partial charge in [0.2, 0.25) is 9.84 Å². The normalized spacial score (nSPS) is 12.1. The molecule has 9 heteroatoms. The van der Waals surface area contributed by atoms with Gasteiger partial charge in [-0.2, -0.15) is 0 Å². The van der Waals surface area contributed by atoms with Gasteiger partial charge in [-0.3, -0.25) is 9.69 Å². The van der Waals surface area contributed by atoms with Gasteiger partial charge < -0.3 is 15.2 Å². The highest BCUT2D eigenvalue weighted by atomic mass is 35.5. The molecule has 0 radical (unpaired) electrons. The lowest BCUT2D eigenvalue weighted by molar-refractivity contribution is 0.0948. The predicted molar refractivity (Wildman–Crippen MR) is 194 cm³/mol. The number of hydrogen-bond acceptors (Lipinski definition) is 6. The average molecular weight is 697 g/mol. The number of aliphatic hydroxyl groups excluding tert-OH is 1. The van der Waals surface area contributed by atoms with Crippen molar-refractivity contribution in [3.05, 3.63) is 160 Å². The molecule has 0 fully saturated rings. The lowest BCUT2D eigenvalue weighted by Crippen LogP contribution is -2.30. The number of aliphatic hydroxyl groups is 1. The topological polar surface area (TPSA) is 95.9 Å². The number of amides is 1. The highest BCUT2D eigenvalue weighted by Crippen LogP contribution is 2.28. The van der Waals surface area contributed by atoms with Crippen LogP contribution in [-0.4, -0.2) is 44.0 Å². The fourth-order valence-corrected chi connectivity index (χ4v) is 6.93. The summed E-state index contributed by atoms with van der Waals surface area (Å²) in [5.41, 5.74) is 3.93. The number of sulfone groups is 1. The Morgan fingerprint density at radius 2 is 1.49 bits per heavy atom. The Bertz CT molecular complexity index is 1920. The fraction of sp³-hybridized carbons (Fsp3) is 0.225. The first kappa shape index (κ1) is 35.8. The Labute approximate surface area is 294 Å². The van der Waals surface area contributed by atoms with Gasteiger partial charge in [-0.15, -0.1) is 0 Å². The molecule has 0 aliphatic rings. The van der Waals surface area contributed by atoms with Crippen LogP contribution in [0.5, 0.6) is 5.75 Å². The van der Waals surface area contributed by atoms with E-state index in [-0.39, 0.29) is 22.0 Å². The van der Waals surface area contributed by atoms with Crippen molar-refractivity contribution in [1.29, 1.82) is 0 Å². The number of ether oxygens (including phenoxy) is 1. The van der Waals surface area contributed by atoms with Crippen molar-refractivity contribution >= 4 is 27.3 Å². The zero-order valence-electron chi connectivity index (χ0n) is 27.5. The molecular weight excluding hydrogens is 656 g/mol. The van der Waals surface area contributed by atoms with E-state index >= 15 is 0 Å². The van der Waals surface area contributed by atoms with Crippen molar-refractivity contribution in [3.63, 3.8) is 0 Å². The van der Waals surface area contributed by atoms with Gasteiger partial charge in [0.15, 0.2) is 0 Å². The number of carbonyl (C=O) groups is 1. The summed E-state index contributed by atoms with van der Waals surface area (Å²) >= 11 is 6.17. The molecule has 0 spiro atoms. The summed E-state index contributed by atoms with van der Waals surface area (Å²) in [6, 6.07) is 38.1. The Kier molecular flexibility index (Phi) is 12.6. The van der Waals surface area contributed by atoms with E-state index in [1.165, 1.54) is 12.1 Å². The number of nitrogens with one attached hydrogen (secondary N) is 1. The third-order valence-corrected chi connectivity index (χ3v) is 10.1. The van der Waals surface area contributed by atoms with Gasteiger partial charge in [0.25, 0.3) is 5.91 Å². The van der Waals surface area contributed by atoms with E-state index in [1.54, 1.807) is 30.3 Å². The minimum Gasteiger partial charge on any atom is -0.488 e. The van der Waals surface area contributed by atoms with Gasteiger partial charge in [0, 0.05) is 31.2 Å². The van der Waals surface area contributed by atoms with Crippen molar-refractivity contribution in [3.8, 4) is 5.75 Å². The van der Waals surface area contributed by atoms with Crippen LogP contribution >= 0.6 is 11.6 Å². The molecule has 254 valence electrons. The second-order valence-corrected chi connectivity index (χ2v) is 14.3. The standard InChI is InChI=1S/C40H41ClN2O5S/c1-2-23-42-40(45)37-26-36(20-21-39(37)48-29-32-12-7-4-8-13-32)49(46,47)35-18-16-30(17-19-35)22-24-43(27-31-10-5-3-6-11-31)28-38(44)33-14-9-15-34(41)25-33/h3-21,25-26,38,44H,2,22-24,27-29H2,1H3,(H,42,45)/t38-/m1/s1. The maximum absolute atomic E-state index is 13.8. The maximum atomic E-state index is 13.8. The molecule has 7 nitrogen and oxygen atoms in total. The van der Waals surface area contributed by atoms with E-state index in [2.05, 4.69) is 22.3 Å². The summed E-state index contributed by atoms with van der Waals surface area (Å²) in [5.74, 6) is -0.0786. The van der Waals surface area contributed by atoms with Crippen molar-refractivity contribution in [2.45, 2.75) is 48.8 Å². The number of rotatable bonds is 16. The molecule has 1 amide bonds. The molecule has 5 aromatic rings. The van der Waals surface area contributed by atoms with E-state index in [0.29, 0.717) is 43.4 Å². The van der Waals surface area contributed by atoms with Crippen molar-refractivity contribution in [1.82, 2.24) is 10.2 Å². The molecule has 0 aliphatic heterocycles. The summed E-state index contributed by atoms with van der Waals surface area (Å²) in [6.07, 6.45) is 0.659. The van der Waals surface area contributed by atoms with E-state index in [0.717, 1.165) is 28.7 Å². The quantitative estimate of drug-likeness (QED) is 0.110. The molecular formula is C40H41ClN2O5S. The molecule has 2 N–H and O–H groups in total. The molecule has 5 rings (SSSR count). The Morgan fingerprint density at radius 1 is 0.816 bits per heavy atom. The minimum absolute atomic E-state index is 0.0120. The molecule has 0 aliphatic carbocycles. The highest BCUT2D eigenvalue weighted by Gasteiger charge is 2.23. The average Bonchev–Trinajstić information content (AvgIpc) is 3.13. The van der Waals surface area contributed by atoms with Gasteiger partial charge in [0.05, 0.1) is 21.5 Å². The maximum Gasteiger partial charge on any atom is 0.255 e. The lowest BCUT2D eigenvalue weighted by Gasteiger charge is -2.25. The van der Waals surface area contributed by atoms with Crippen LogP contribution in [0, 0.1) is 0 Å². The van der Waals surface area contributed by atoms with Crippen molar-refractivity contribution < 1.29 is 23.1 Å². The van der Waals surface area contributed by atoms with Crippen LogP contribution in [0.4, 0.5) is 0 Å². The molecule has 0 unspecified atom stereocenters. The Hall–Kier alpha value is -4.47. The van der Waals surface area contributed by atoms with E-state index in [9.17, 15) is 18.3 Å². The Balaban J connectivity index is 1.30. The fourth-order valence-electron chi connectivity index (χ4n) is 5.45. The van der Waals surface area contributed by atoms with E-state index < -0.39 is 21.8 Å². The van der Waals surface area contributed by atoms with E-state index in [4.69, 9.17) is 16.3 Å². The molecule has 5 aromatic carbocycles. The summed E-state index contributed by atoms with van der Waals surface area (Å²) in [7, 11) is -3.93. The Morgan fingerprint density at radius 3 is 2.16 bits per heavy atom. The molecule has 0 saturated heterocycles. The number of carbonyl (C=O) groups excluding carboxylic acids is 1. The minimum atomic E-state index is -3.93. The van der Waals surface area contributed by atoms with Crippen molar-refractivity contribution in [2.24, 2.45) is 0 Å². The first-order chi connectivity index (χ1) is 23.7. The summed E-state index contributed by atoms with van der Waals surface area (Å²) in [4.78, 5) is 15.4. The van der Waals surface area contributed by atoms with Crippen LogP contribution in [0.15, 0.2) is 137 Å². The molecule has 0 heterocycles. The monoisotopic (exact) mass is 696 g/mol. The number of nitrogens with zero attached hydrogens (tertiary/aromatic N) is 1. The van der Waals surface area contributed by atoms with Crippen LogP contribution in [0.2, 0.25) is 5.02 Å². The van der Waals surface area contributed by atoms with Gasteiger partial charge in [-0.25, -0.2) is 8.42 Å².